The van der Waals surface area contributed by atoms with Crippen molar-refractivity contribution in [3.63, 3.8) is 0 Å². The number of allylic oxidation sites excluding steroid dienone is 2. The van der Waals surface area contributed by atoms with Crippen molar-refractivity contribution in [1.29, 1.82) is 0 Å². The Hall–Kier alpha value is -4.72. The van der Waals surface area contributed by atoms with Crippen molar-refractivity contribution >= 4 is 62.5 Å². The number of benzene rings is 2. The van der Waals surface area contributed by atoms with E-state index in [1.165, 1.54) is 36.3 Å². The van der Waals surface area contributed by atoms with Gasteiger partial charge in [-0.3, -0.25) is 29.1 Å². The minimum absolute atomic E-state index is 0.0774. The van der Waals surface area contributed by atoms with Crippen LogP contribution in [0.15, 0.2) is 48.0 Å². The van der Waals surface area contributed by atoms with Crippen molar-refractivity contribution in [3.05, 3.63) is 64.2 Å². The van der Waals surface area contributed by atoms with Gasteiger partial charge in [-0.25, -0.2) is 4.90 Å². The smallest absolute Gasteiger partial charge is 0.257 e. The Bertz CT molecular complexity index is 2230. The van der Waals surface area contributed by atoms with Crippen molar-refractivity contribution in [2.75, 3.05) is 19.1 Å². The first-order valence-electron chi connectivity index (χ1n) is 16.1. The van der Waals surface area contributed by atoms with E-state index in [-0.39, 0.29) is 40.8 Å². The van der Waals surface area contributed by atoms with Crippen LogP contribution in [0.2, 0.25) is 5.02 Å². The lowest BCUT2D eigenvalue weighted by Gasteiger charge is -2.49. The van der Waals surface area contributed by atoms with E-state index in [1.54, 1.807) is 26.1 Å². The molecule has 2 saturated heterocycles. The maximum absolute atomic E-state index is 15.0. The summed E-state index contributed by atoms with van der Waals surface area (Å²) in [6.45, 7) is 3.69. The van der Waals surface area contributed by atoms with Crippen molar-refractivity contribution in [1.82, 2.24) is 14.8 Å². The lowest BCUT2D eigenvalue weighted by molar-refractivity contribution is -0.173. The van der Waals surface area contributed by atoms with Gasteiger partial charge in [0.2, 0.25) is 11.8 Å². The van der Waals surface area contributed by atoms with Crippen LogP contribution in [0.5, 0.6) is 17.2 Å². The highest BCUT2D eigenvalue weighted by molar-refractivity contribution is 7.22. The molecular weight excluding hydrogens is 684 g/mol. The number of ether oxygens (including phenoxy) is 2. The molecule has 2 aliphatic heterocycles. The standard InChI is InChI=1S/C36H33ClN4O8S/c1-15-20-10-16(37)6-9-26(20)50-31(15)23-14-27(39(3)38-23)40-33(44)22-13-21-18(7-8-19-28(21)34(45)41(47)32(19)43)30(36(22,2)35(40)46)29-24(42)11-17(48-4)12-25(29)49-5/h6-7,9-12,14,19,21-22,28,30,42,47H,8,13H2,1-5H3. The number of imide groups is 2. The lowest BCUT2D eigenvalue weighted by Crippen LogP contribution is -2.49. The summed E-state index contributed by atoms with van der Waals surface area (Å²) in [6, 6.07) is 10.4. The number of aromatic nitrogens is 2. The molecule has 6 atom stereocenters. The summed E-state index contributed by atoms with van der Waals surface area (Å²) in [5.41, 5.74) is 0.999. The highest BCUT2D eigenvalue weighted by Crippen LogP contribution is 2.65. The average Bonchev–Trinajstić information content (AvgIpc) is 3.75. The number of anilines is 1. The highest BCUT2D eigenvalue weighted by atomic mass is 35.5. The van der Waals surface area contributed by atoms with Gasteiger partial charge in [0.25, 0.3) is 11.8 Å². The largest absolute Gasteiger partial charge is 0.507 e. The second-order valence-corrected chi connectivity index (χ2v) is 15.1. The molecule has 2 aromatic carbocycles. The molecule has 6 unspecified atom stereocenters. The second kappa shape index (κ2) is 11.1. The van der Waals surface area contributed by atoms with Gasteiger partial charge in [0, 0.05) is 46.5 Å². The van der Waals surface area contributed by atoms with E-state index in [0.717, 1.165) is 25.4 Å². The first kappa shape index (κ1) is 32.5. The van der Waals surface area contributed by atoms with Gasteiger partial charge in [-0.15, -0.1) is 11.3 Å². The van der Waals surface area contributed by atoms with Gasteiger partial charge in [-0.05, 0) is 61.8 Å². The van der Waals surface area contributed by atoms with Gasteiger partial charge in [0.15, 0.2) is 0 Å². The Balaban J connectivity index is 1.29. The normalized spacial score (nSPS) is 27.5. The number of thiophene rings is 1. The third-order valence-corrected chi connectivity index (χ3v) is 12.8. The average molecular weight is 717 g/mol. The molecule has 3 fully saturated rings. The zero-order valence-corrected chi connectivity index (χ0v) is 29.3. The van der Waals surface area contributed by atoms with Gasteiger partial charge in [0.1, 0.15) is 28.8 Å². The molecule has 0 radical (unpaired) electrons. The van der Waals surface area contributed by atoms with Crippen LogP contribution >= 0.6 is 22.9 Å². The molecular formula is C36H33ClN4O8S. The van der Waals surface area contributed by atoms with Crippen LogP contribution < -0.4 is 14.4 Å². The van der Waals surface area contributed by atoms with E-state index in [9.17, 15) is 24.7 Å². The maximum atomic E-state index is 15.0. The van der Waals surface area contributed by atoms with Gasteiger partial charge in [-0.2, -0.15) is 10.2 Å². The van der Waals surface area contributed by atoms with E-state index in [0.29, 0.717) is 22.0 Å². The predicted octanol–water partition coefficient (Wildman–Crippen LogP) is 5.61. The summed E-state index contributed by atoms with van der Waals surface area (Å²) in [7, 11) is 4.55. The first-order valence-corrected chi connectivity index (χ1v) is 17.3. The molecule has 8 rings (SSSR count). The molecule has 0 bridgehead atoms. The van der Waals surface area contributed by atoms with Gasteiger partial charge in [0.05, 0.1) is 42.3 Å². The summed E-state index contributed by atoms with van der Waals surface area (Å²) >= 11 is 7.82. The number of carbonyl (C=O) groups is 4. The second-order valence-electron chi connectivity index (χ2n) is 13.6. The first-order chi connectivity index (χ1) is 23.8. The molecule has 4 amide bonds. The zero-order chi connectivity index (χ0) is 35.5. The van der Waals surface area contributed by atoms with Crippen LogP contribution in [0.1, 0.15) is 36.8 Å². The summed E-state index contributed by atoms with van der Waals surface area (Å²) < 4.78 is 13.7. The molecule has 258 valence electrons. The number of rotatable bonds is 5. The third kappa shape index (κ3) is 4.23. The number of aromatic hydroxyl groups is 1. The summed E-state index contributed by atoms with van der Waals surface area (Å²) in [4.78, 5) is 58.0. The SMILES string of the molecule is COc1cc(O)c(C2C3=CCC4C(=O)N(O)C(=O)C4C3CC3C(=O)N(c4cc(-c5sc6ccc(Cl)cc6c5C)nn4C)C(=O)C32C)c(OC)c1. The maximum Gasteiger partial charge on any atom is 0.257 e. The van der Waals surface area contributed by atoms with Crippen LogP contribution in [0.3, 0.4) is 0 Å². The molecule has 50 heavy (non-hydrogen) atoms. The Labute approximate surface area is 295 Å². The van der Waals surface area contributed by atoms with Crippen molar-refractivity contribution in [3.8, 4) is 27.8 Å². The van der Waals surface area contributed by atoms with Crippen LogP contribution in [0.4, 0.5) is 5.82 Å². The fourth-order valence-corrected chi connectivity index (χ4v) is 10.2. The highest BCUT2D eigenvalue weighted by Gasteiger charge is 2.68. The number of nitrogens with zero attached hydrogens (tertiary/aromatic N) is 4. The number of phenolic OH excluding ortho intramolecular Hbond substituents is 1. The van der Waals surface area contributed by atoms with Gasteiger partial charge >= 0.3 is 0 Å². The molecule has 0 spiro atoms. The van der Waals surface area contributed by atoms with Crippen molar-refractivity contribution in [2.45, 2.75) is 32.6 Å². The minimum atomic E-state index is -1.45. The molecule has 1 saturated carbocycles. The number of aryl methyl sites for hydroxylation is 2. The molecule has 2 aromatic heterocycles. The molecule has 4 aromatic rings. The Morgan fingerprint density at radius 3 is 2.50 bits per heavy atom. The van der Waals surface area contributed by atoms with E-state index >= 15 is 4.79 Å². The minimum Gasteiger partial charge on any atom is -0.507 e. The Morgan fingerprint density at radius 1 is 1.02 bits per heavy atom. The van der Waals surface area contributed by atoms with Gasteiger partial charge in [-0.1, -0.05) is 23.3 Å². The fraction of sp³-hybridized carbons (Fsp3) is 0.361. The van der Waals surface area contributed by atoms with E-state index in [4.69, 9.17) is 26.2 Å². The molecule has 2 N–H and O–H groups in total. The van der Waals surface area contributed by atoms with Gasteiger partial charge < -0.3 is 14.6 Å². The lowest BCUT2D eigenvalue weighted by atomic mass is 9.51. The molecule has 4 aliphatic rings. The number of amides is 4. The van der Waals surface area contributed by atoms with Crippen LogP contribution in [-0.4, -0.2) is 63.0 Å². The van der Waals surface area contributed by atoms with Crippen LogP contribution in [0, 0.1) is 36.0 Å². The quantitative estimate of drug-likeness (QED) is 0.153. The predicted molar refractivity (Wildman–Crippen MR) is 183 cm³/mol. The molecule has 12 nitrogen and oxygen atoms in total. The zero-order valence-electron chi connectivity index (χ0n) is 27.8. The number of carbonyl (C=O) groups excluding carboxylic acids is 4. The summed E-state index contributed by atoms with van der Waals surface area (Å²) in [6.07, 6.45) is 2.05. The number of hydrogen-bond donors (Lipinski definition) is 2. The number of phenols is 1. The van der Waals surface area contributed by atoms with Crippen molar-refractivity contribution < 1.29 is 39.0 Å². The molecule has 2 aliphatic carbocycles. The topological polar surface area (TPSA) is 151 Å². The fourth-order valence-electron chi connectivity index (χ4n) is 8.90. The number of methoxy groups -OCH3 is 2. The van der Waals surface area contributed by atoms with E-state index < -0.39 is 58.6 Å². The molecule has 4 heterocycles. The summed E-state index contributed by atoms with van der Waals surface area (Å²) in [5, 5.41) is 28.5. The third-order valence-electron chi connectivity index (χ3n) is 11.3. The van der Waals surface area contributed by atoms with Crippen LogP contribution in [0.25, 0.3) is 20.7 Å². The van der Waals surface area contributed by atoms with Crippen molar-refractivity contribution in [2.24, 2.45) is 36.1 Å². The van der Waals surface area contributed by atoms with E-state index in [2.05, 4.69) is 0 Å². The number of hydroxylamine groups is 2. The number of halogens is 1. The summed E-state index contributed by atoms with van der Waals surface area (Å²) in [5.74, 6) is -6.13. The number of fused-ring (bicyclic) bond motifs is 5. The Kier molecular flexibility index (Phi) is 7.24. The monoisotopic (exact) mass is 716 g/mol. The molecule has 14 heteroatoms. The van der Waals surface area contributed by atoms with E-state index in [1.807, 2.05) is 31.2 Å². The Morgan fingerprint density at radius 2 is 1.78 bits per heavy atom. The van der Waals surface area contributed by atoms with Crippen LogP contribution in [-0.2, 0) is 26.2 Å². The number of hydrogen-bond acceptors (Lipinski definition) is 10.